The first-order valence-electron chi connectivity index (χ1n) is 8.77. The molecule has 3 aromatic rings. The summed E-state index contributed by atoms with van der Waals surface area (Å²) in [6.07, 6.45) is 4.32. The molecule has 1 aliphatic rings. The number of nitrogens with zero attached hydrogens (tertiary/aromatic N) is 4. The van der Waals surface area contributed by atoms with Crippen molar-refractivity contribution in [1.29, 1.82) is 0 Å². The van der Waals surface area contributed by atoms with Gasteiger partial charge in [-0.05, 0) is 61.8 Å². The van der Waals surface area contributed by atoms with Crippen LogP contribution in [0.1, 0.15) is 31.4 Å². The highest BCUT2D eigenvalue weighted by atomic mass is 32.1. The zero-order chi connectivity index (χ0) is 17.2. The summed E-state index contributed by atoms with van der Waals surface area (Å²) in [4.78, 5) is 2.46. The van der Waals surface area contributed by atoms with E-state index < -0.39 is 0 Å². The number of hydrogen-bond donors (Lipinski definition) is 0. The molecule has 3 heterocycles. The maximum absolute atomic E-state index is 5.58. The van der Waals surface area contributed by atoms with Gasteiger partial charge in [-0.3, -0.25) is 9.30 Å². The van der Waals surface area contributed by atoms with Crippen LogP contribution in [0, 0.1) is 4.77 Å². The average molecular weight is 354 g/mol. The number of likely N-dealkylation sites (tertiary alicyclic amines) is 1. The fourth-order valence-corrected chi connectivity index (χ4v) is 3.81. The Bertz CT molecular complexity index is 915. The standard InChI is InChI=1S/C19H22N4OS/c1-2-24-16-10-8-15(9-11-16)17-6-5-12-21(17)14-23-19(25)22-13-4-3-7-18(22)20-23/h3-4,7-11,13,17H,2,5-6,12,14H2,1H3. The fraction of sp³-hybridized carbons (Fsp3) is 0.368. The van der Waals surface area contributed by atoms with Crippen molar-refractivity contribution in [2.24, 2.45) is 0 Å². The first-order valence-corrected chi connectivity index (χ1v) is 9.18. The van der Waals surface area contributed by atoms with Gasteiger partial charge in [0.1, 0.15) is 5.75 Å². The summed E-state index contributed by atoms with van der Waals surface area (Å²) < 4.78 is 10.2. The Hall–Kier alpha value is -2.18. The van der Waals surface area contributed by atoms with Crippen molar-refractivity contribution in [2.75, 3.05) is 13.2 Å². The number of aromatic nitrogens is 3. The molecule has 130 valence electrons. The Balaban J connectivity index is 1.56. The lowest BCUT2D eigenvalue weighted by Crippen LogP contribution is -2.26. The van der Waals surface area contributed by atoms with E-state index in [0.29, 0.717) is 12.6 Å². The van der Waals surface area contributed by atoms with Crippen LogP contribution < -0.4 is 4.74 Å². The van der Waals surface area contributed by atoms with Crippen molar-refractivity contribution >= 4 is 17.9 Å². The summed E-state index contributed by atoms with van der Waals surface area (Å²) in [6.45, 7) is 4.48. The van der Waals surface area contributed by atoms with Gasteiger partial charge in [0.2, 0.25) is 4.77 Å². The minimum Gasteiger partial charge on any atom is -0.494 e. The number of hydrogen-bond acceptors (Lipinski definition) is 4. The highest BCUT2D eigenvalue weighted by Crippen LogP contribution is 2.33. The molecule has 2 aromatic heterocycles. The van der Waals surface area contributed by atoms with Crippen LogP contribution in [0.15, 0.2) is 48.7 Å². The summed E-state index contributed by atoms with van der Waals surface area (Å²) in [5.41, 5.74) is 2.22. The molecular weight excluding hydrogens is 332 g/mol. The molecule has 1 atom stereocenters. The molecule has 0 bridgehead atoms. The minimum absolute atomic E-state index is 0.405. The molecule has 1 unspecified atom stereocenters. The van der Waals surface area contributed by atoms with Gasteiger partial charge in [-0.1, -0.05) is 18.2 Å². The molecule has 1 saturated heterocycles. The van der Waals surface area contributed by atoms with E-state index >= 15 is 0 Å². The molecule has 0 N–H and O–H groups in total. The minimum atomic E-state index is 0.405. The van der Waals surface area contributed by atoms with Crippen LogP contribution in [0.2, 0.25) is 0 Å². The SMILES string of the molecule is CCOc1ccc(C2CCCN2Cn2nc3ccccn3c2=S)cc1. The van der Waals surface area contributed by atoms with Crippen LogP contribution >= 0.6 is 12.2 Å². The normalized spacial score (nSPS) is 18.0. The van der Waals surface area contributed by atoms with E-state index in [0.717, 1.165) is 35.8 Å². The largest absolute Gasteiger partial charge is 0.494 e. The molecule has 1 fully saturated rings. The van der Waals surface area contributed by atoms with Crippen molar-refractivity contribution in [2.45, 2.75) is 32.5 Å². The summed E-state index contributed by atoms with van der Waals surface area (Å²) in [5, 5.41) is 4.66. The monoisotopic (exact) mass is 354 g/mol. The lowest BCUT2D eigenvalue weighted by Gasteiger charge is -2.24. The van der Waals surface area contributed by atoms with Gasteiger partial charge >= 0.3 is 0 Å². The Morgan fingerprint density at radius 3 is 2.80 bits per heavy atom. The maximum atomic E-state index is 5.58. The van der Waals surface area contributed by atoms with Crippen molar-refractivity contribution in [1.82, 2.24) is 19.1 Å². The van der Waals surface area contributed by atoms with Gasteiger partial charge in [0, 0.05) is 18.8 Å². The number of fused-ring (bicyclic) bond motifs is 1. The second kappa shape index (κ2) is 6.98. The topological polar surface area (TPSA) is 34.7 Å². The molecule has 6 heteroatoms. The van der Waals surface area contributed by atoms with E-state index in [1.54, 1.807) is 0 Å². The summed E-state index contributed by atoms with van der Waals surface area (Å²) in [7, 11) is 0. The van der Waals surface area contributed by atoms with Crippen molar-refractivity contribution in [3.8, 4) is 5.75 Å². The van der Waals surface area contributed by atoms with Crippen LogP contribution in [-0.2, 0) is 6.67 Å². The lowest BCUT2D eigenvalue weighted by molar-refractivity contribution is 0.190. The van der Waals surface area contributed by atoms with Crippen LogP contribution in [0.25, 0.3) is 5.65 Å². The molecule has 1 aliphatic heterocycles. The van der Waals surface area contributed by atoms with Gasteiger partial charge in [-0.15, -0.1) is 0 Å². The van der Waals surface area contributed by atoms with Crippen molar-refractivity contribution < 1.29 is 4.74 Å². The molecule has 1 aromatic carbocycles. The van der Waals surface area contributed by atoms with Gasteiger partial charge < -0.3 is 4.74 Å². The first kappa shape index (κ1) is 16.3. The Morgan fingerprint density at radius 2 is 2.04 bits per heavy atom. The maximum Gasteiger partial charge on any atom is 0.203 e. The van der Waals surface area contributed by atoms with Crippen LogP contribution in [-0.4, -0.2) is 32.2 Å². The summed E-state index contributed by atoms with van der Waals surface area (Å²) in [6, 6.07) is 14.8. The molecule has 0 amide bonds. The van der Waals surface area contributed by atoms with E-state index in [9.17, 15) is 0 Å². The zero-order valence-electron chi connectivity index (χ0n) is 14.3. The fourth-order valence-electron chi connectivity index (χ4n) is 3.56. The van der Waals surface area contributed by atoms with Crippen molar-refractivity contribution in [3.63, 3.8) is 0 Å². The molecule has 0 saturated carbocycles. The average Bonchev–Trinajstić information content (AvgIpc) is 3.22. The molecule has 0 aliphatic carbocycles. The van der Waals surface area contributed by atoms with Crippen LogP contribution in [0.4, 0.5) is 0 Å². The molecule has 4 rings (SSSR count). The predicted molar refractivity (Wildman–Crippen MR) is 100 cm³/mol. The lowest BCUT2D eigenvalue weighted by atomic mass is 10.0. The first-order chi connectivity index (χ1) is 12.3. The van der Waals surface area contributed by atoms with E-state index in [1.807, 2.05) is 40.4 Å². The van der Waals surface area contributed by atoms with E-state index in [4.69, 9.17) is 17.0 Å². The third-order valence-electron chi connectivity index (χ3n) is 4.74. The third kappa shape index (κ3) is 3.19. The zero-order valence-corrected chi connectivity index (χ0v) is 15.2. The Labute approximate surface area is 152 Å². The van der Waals surface area contributed by atoms with Gasteiger partial charge in [-0.2, -0.15) is 5.10 Å². The second-order valence-corrected chi connectivity index (χ2v) is 6.69. The number of pyridine rings is 1. The second-order valence-electron chi connectivity index (χ2n) is 6.32. The molecule has 0 spiro atoms. The van der Waals surface area contributed by atoms with E-state index in [1.165, 1.54) is 12.0 Å². The highest BCUT2D eigenvalue weighted by Gasteiger charge is 2.26. The molecule has 0 radical (unpaired) electrons. The Kier molecular flexibility index (Phi) is 4.55. The summed E-state index contributed by atoms with van der Waals surface area (Å²) in [5.74, 6) is 0.929. The number of ether oxygens (including phenoxy) is 1. The van der Waals surface area contributed by atoms with Gasteiger partial charge in [0.15, 0.2) is 5.65 Å². The smallest absolute Gasteiger partial charge is 0.203 e. The highest BCUT2D eigenvalue weighted by molar-refractivity contribution is 7.71. The van der Waals surface area contributed by atoms with E-state index in [2.05, 4.69) is 34.3 Å². The van der Waals surface area contributed by atoms with E-state index in [-0.39, 0.29) is 0 Å². The van der Waals surface area contributed by atoms with Crippen LogP contribution in [0.5, 0.6) is 5.75 Å². The molecular formula is C19H22N4OS. The molecule has 5 nitrogen and oxygen atoms in total. The van der Waals surface area contributed by atoms with Gasteiger partial charge in [-0.25, -0.2) is 4.68 Å². The quantitative estimate of drug-likeness (QED) is 0.647. The number of benzene rings is 1. The van der Waals surface area contributed by atoms with Crippen molar-refractivity contribution in [3.05, 3.63) is 59.0 Å². The third-order valence-corrected chi connectivity index (χ3v) is 5.15. The number of rotatable bonds is 5. The molecule has 25 heavy (non-hydrogen) atoms. The summed E-state index contributed by atoms with van der Waals surface area (Å²) >= 11 is 5.58. The van der Waals surface area contributed by atoms with Gasteiger partial charge in [0.25, 0.3) is 0 Å². The van der Waals surface area contributed by atoms with Crippen LogP contribution in [0.3, 0.4) is 0 Å². The Morgan fingerprint density at radius 1 is 1.20 bits per heavy atom. The van der Waals surface area contributed by atoms with Gasteiger partial charge in [0.05, 0.1) is 13.3 Å². The predicted octanol–water partition coefficient (Wildman–Crippen LogP) is 4.06.